The number of likely N-dealkylation sites (tertiary alicyclic amines) is 1. The van der Waals surface area contributed by atoms with Gasteiger partial charge < -0.3 is 10.0 Å². The fraction of sp³-hybridized carbons (Fsp3) is 0.591. The highest BCUT2D eigenvalue weighted by molar-refractivity contribution is 7.11. The Labute approximate surface area is 194 Å². The van der Waals surface area contributed by atoms with Crippen LogP contribution in [0, 0.1) is 6.92 Å². The summed E-state index contributed by atoms with van der Waals surface area (Å²) in [4.78, 5) is 28.8. The molecule has 1 fully saturated rings. The van der Waals surface area contributed by atoms with Crippen LogP contribution in [0.3, 0.4) is 0 Å². The summed E-state index contributed by atoms with van der Waals surface area (Å²) in [5.41, 5.74) is 1.87. The lowest BCUT2D eigenvalue weighted by Crippen LogP contribution is -2.53. The Hall–Kier alpha value is -2.40. The van der Waals surface area contributed by atoms with Gasteiger partial charge in [0.25, 0.3) is 5.91 Å². The molecule has 4 rings (SSSR count). The van der Waals surface area contributed by atoms with Crippen LogP contribution in [-0.2, 0) is 16.8 Å². The van der Waals surface area contributed by atoms with Gasteiger partial charge in [-0.05, 0) is 58.8 Å². The Balaban J connectivity index is 0.000000383. The van der Waals surface area contributed by atoms with Crippen molar-refractivity contribution in [3.8, 4) is 0 Å². The predicted octanol–water partition coefficient (Wildman–Crippen LogP) is 4.09. The number of aryl methyl sites for hydroxylation is 1. The zero-order chi connectivity index (χ0) is 24.6. The Kier molecular flexibility index (Phi) is 7.23. The van der Waals surface area contributed by atoms with Crippen LogP contribution in [-0.4, -0.2) is 69.4 Å². The SMILES string of the molecule is Cc1ccc(CN2CCC3(CC2)CN(C)C(=O)c2cn(C(C)C)nc23)s1.O=C(O)C(F)(F)F. The molecule has 1 saturated heterocycles. The molecule has 11 heteroatoms. The number of carbonyl (C=O) groups excluding carboxylic acids is 1. The zero-order valence-electron chi connectivity index (χ0n) is 19.1. The number of hydrogen-bond donors (Lipinski definition) is 1. The molecule has 1 spiro atoms. The van der Waals surface area contributed by atoms with Crippen molar-refractivity contribution >= 4 is 23.2 Å². The van der Waals surface area contributed by atoms with Gasteiger partial charge in [-0.15, -0.1) is 11.3 Å². The number of halogens is 3. The molecule has 0 bridgehead atoms. The molecule has 0 aromatic carbocycles. The maximum Gasteiger partial charge on any atom is 0.490 e. The quantitative estimate of drug-likeness (QED) is 0.707. The lowest BCUT2D eigenvalue weighted by atomic mass is 9.72. The lowest BCUT2D eigenvalue weighted by Gasteiger charge is -2.45. The molecule has 0 atom stereocenters. The van der Waals surface area contributed by atoms with Crippen LogP contribution < -0.4 is 0 Å². The number of alkyl halides is 3. The van der Waals surface area contributed by atoms with E-state index in [9.17, 15) is 18.0 Å². The van der Waals surface area contributed by atoms with Crippen molar-refractivity contribution in [1.82, 2.24) is 19.6 Å². The summed E-state index contributed by atoms with van der Waals surface area (Å²) in [6.07, 6.45) is -0.991. The van der Waals surface area contributed by atoms with Crippen molar-refractivity contribution in [1.29, 1.82) is 0 Å². The van der Waals surface area contributed by atoms with E-state index in [1.165, 1.54) is 9.75 Å². The van der Waals surface area contributed by atoms with E-state index in [0.29, 0.717) is 0 Å². The Bertz CT molecular complexity index is 1010. The number of carbonyl (C=O) groups is 2. The predicted molar refractivity (Wildman–Crippen MR) is 119 cm³/mol. The average molecular weight is 487 g/mol. The summed E-state index contributed by atoms with van der Waals surface area (Å²) in [6, 6.07) is 4.73. The largest absolute Gasteiger partial charge is 0.490 e. The number of amides is 1. The molecule has 1 amide bonds. The third-order valence-electron chi connectivity index (χ3n) is 6.11. The van der Waals surface area contributed by atoms with Crippen molar-refractivity contribution in [3.63, 3.8) is 0 Å². The van der Waals surface area contributed by atoms with Gasteiger partial charge in [-0.2, -0.15) is 18.3 Å². The minimum absolute atomic E-state index is 0.0139. The second kappa shape index (κ2) is 9.46. The molecule has 2 aliphatic rings. The summed E-state index contributed by atoms with van der Waals surface area (Å²) in [5.74, 6) is -2.64. The molecule has 1 N–H and O–H groups in total. The molecule has 4 heterocycles. The van der Waals surface area contributed by atoms with E-state index in [4.69, 9.17) is 15.0 Å². The number of carboxylic acids is 1. The van der Waals surface area contributed by atoms with Gasteiger partial charge in [0.1, 0.15) is 0 Å². The Morgan fingerprint density at radius 3 is 2.36 bits per heavy atom. The van der Waals surface area contributed by atoms with E-state index in [1.807, 2.05) is 34.2 Å². The highest BCUT2D eigenvalue weighted by atomic mass is 32.1. The van der Waals surface area contributed by atoms with Crippen molar-refractivity contribution in [2.24, 2.45) is 0 Å². The molecule has 182 valence electrons. The molecular formula is C22H29F3N4O3S. The molecule has 2 aromatic heterocycles. The second-order valence-electron chi connectivity index (χ2n) is 9.00. The van der Waals surface area contributed by atoms with Gasteiger partial charge in [0.2, 0.25) is 0 Å². The molecule has 0 radical (unpaired) electrons. The smallest absolute Gasteiger partial charge is 0.475 e. The number of fused-ring (bicyclic) bond motifs is 2. The van der Waals surface area contributed by atoms with Gasteiger partial charge in [0.05, 0.1) is 11.3 Å². The maximum absolute atomic E-state index is 12.6. The fourth-order valence-electron chi connectivity index (χ4n) is 4.34. The molecule has 2 aromatic rings. The van der Waals surface area contributed by atoms with Gasteiger partial charge in [-0.25, -0.2) is 4.79 Å². The Morgan fingerprint density at radius 1 is 1.27 bits per heavy atom. The van der Waals surface area contributed by atoms with Gasteiger partial charge in [-0.3, -0.25) is 14.4 Å². The van der Waals surface area contributed by atoms with Crippen molar-refractivity contribution < 1.29 is 27.9 Å². The third kappa shape index (κ3) is 5.57. The standard InChI is InChI=1S/C20H28N4OS.C2HF3O2/c1-14(2)24-12-17-18(21-24)20(13-22(4)19(17)25)7-9-23(10-8-20)11-16-6-5-15(3)26-16;3-2(4,5)1(6)7/h5-6,12,14H,7-11,13H2,1-4H3;(H,6,7). The third-order valence-corrected chi connectivity index (χ3v) is 7.10. The lowest BCUT2D eigenvalue weighted by molar-refractivity contribution is -0.192. The number of carboxylic acid groups (broad SMARTS) is 1. The summed E-state index contributed by atoms with van der Waals surface area (Å²) in [7, 11) is 1.93. The van der Waals surface area contributed by atoms with Crippen LogP contribution in [0.15, 0.2) is 18.3 Å². The first-order valence-electron chi connectivity index (χ1n) is 10.8. The van der Waals surface area contributed by atoms with E-state index >= 15 is 0 Å². The average Bonchev–Trinajstić information content (AvgIpc) is 3.35. The first-order valence-corrected chi connectivity index (χ1v) is 11.6. The van der Waals surface area contributed by atoms with Crippen LogP contribution in [0.25, 0.3) is 0 Å². The minimum Gasteiger partial charge on any atom is -0.475 e. The minimum atomic E-state index is -5.08. The van der Waals surface area contributed by atoms with Crippen LogP contribution in [0.1, 0.15) is 58.5 Å². The van der Waals surface area contributed by atoms with E-state index in [2.05, 4.69) is 37.8 Å². The normalized spacial score (nSPS) is 18.3. The number of aliphatic carboxylic acids is 1. The topological polar surface area (TPSA) is 78.7 Å². The van der Waals surface area contributed by atoms with Crippen molar-refractivity contribution in [2.45, 2.75) is 57.8 Å². The first kappa shape index (κ1) is 25.2. The number of likely N-dealkylation sites (N-methyl/N-ethyl adjacent to an activating group) is 1. The number of aromatic nitrogens is 2. The summed E-state index contributed by atoms with van der Waals surface area (Å²) in [5, 5.41) is 12.0. The molecule has 2 aliphatic heterocycles. The van der Waals surface area contributed by atoms with Gasteiger partial charge >= 0.3 is 12.1 Å². The van der Waals surface area contributed by atoms with E-state index in [-0.39, 0.29) is 17.4 Å². The summed E-state index contributed by atoms with van der Waals surface area (Å²) < 4.78 is 33.7. The second-order valence-corrected chi connectivity index (χ2v) is 10.4. The molecule has 0 aliphatic carbocycles. The molecule has 33 heavy (non-hydrogen) atoms. The highest BCUT2D eigenvalue weighted by Gasteiger charge is 2.46. The number of piperidine rings is 1. The van der Waals surface area contributed by atoms with Crippen molar-refractivity contribution in [3.05, 3.63) is 39.3 Å². The molecule has 7 nitrogen and oxygen atoms in total. The first-order chi connectivity index (χ1) is 15.3. The van der Waals surface area contributed by atoms with Crippen LogP contribution in [0.2, 0.25) is 0 Å². The van der Waals surface area contributed by atoms with Crippen molar-refractivity contribution in [2.75, 3.05) is 26.7 Å². The van der Waals surface area contributed by atoms with E-state index < -0.39 is 12.1 Å². The van der Waals surface area contributed by atoms with Gasteiger partial charge in [0, 0.05) is 47.5 Å². The number of rotatable bonds is 3. The molecule has 0 unspecified atom stereocenters. The highest BCUT2D eigenvalue weighted by Crippen LogP contribution is 2.41. The van der Waals surface area contributed by atoms with Gasteiger partial charge in [0.15, 0.2) is 0 Å². The van der Waals surface area contributed by atoms with E-state index in [1.54, 1.807) is 0 Å². The zero-order valence-corrected chi connectivity index (χ0v) is 20.0. The number of nitrogens with zero attached hydrogens (tertiary/aromatic N) is 4. The van der Waals surface area contributed by atoms with E-state index in [0.717, 1.165) is 50.3 Å². The maximum atomic E-state index is 12.6. The number of thiophene rings is 1. The van der Waals surface area contributed by atoms with Crippen LogP contribution in [0.4, 0.5) is 13.2 Å². The monoisotopic (exact) mass is 486 g/mol. The molecular weight excluding hydrogens is 457 g/mol. The molecule has 0 saturated carbocycles. The van der Waals surface area contributed by atoms with Crippen LogP contribution >= 0.6 is 11.3 Å². The summed E-state index contributed by atoms with van der Waals surface area (Å²) >= 11 is 1.89. The fourth-order valence-corrected chi connectivity index (χ4v) is 5.27. The van der Waals surface area contributed by atoms with Gasteiger partial charge in [-0.1, -0.05) is 0 Å². The van der Waals surface area contributed by atoms with Crippen LogP contribution in [0.5, 0.6) is 0 Å². The number of hydrogen-bond acceptors (Lipinski definition) is 5. The Morgan fingerprint density at radius 2 is 1.88 bits per heavy atom. The summed E-state index contributed by atoms with van der Waals surface area (Å²) in [6.45, 7) is 10.4.